The molecule has 0 aliphatic heterocycles. The fourth-order valence-corrected chi connectivity index (χ4v) is 4.56. The molecule has 11 heteroatoms. The van der Waals surface area contributed by atoms with Gasteiger partial charge in [0.05, 0.1) is 34.8 Å². The van der Waals surface area contributed by atoms with Crippen molar-refractivity contribution in [1.82, 2.24) is 14.9 Å². The summed E-state index contributed by atoms with van der Waals surface area (Å²) in [6, 6.07) is 11.9. The summed E-state index contributed by atoms with van der Waals surface area (Å²) in [4.78, 5) is 16.8. The molecule has 0 unspecified atom stereocenters. The van der Waals surface area contributed by atoms with Crippen LogP contribution < -0.4 is 19.9 Å². The summed E-state index contributed by atoms with van der Waals surface area (Å²) in [5, 5.41) is 8.71. The van der Waals surface area contributed by atoms with Gasteiger partial charge < -0.3 is 19.4 Å². The molecule has 0 radical (unpaired) electrons. The van der Waals surface area contributed by atoms with Gasteiger partial charge in [0.15, 0.2) is 5.16 Å². The van der Waals surface area contributed by atoms with Crippen LogP contribution in [0.1, 0.15) is 20.3 Å². The minimum Gasteiger partial charge on any atom is -0.494 e. The number of benzene rings is 2. The summed E-state index contributed by atoms with van der Waals surface area (Å²) < 4.78 is 36.3. The average molecular weight is 493 g/mol. The molecule has 0 bridgehead atoms. The number of fused-ring (bicyclic) bond motifs is 1. The predicted molar refractivity (Wildman–Crippen MR) is 128 cm³/mol. The first kappa shape index (κ1) is 24.9. The molecule has 1 amide bonds. The van der Waals surface area contributed by atoms with Crippen LogP contribution in [0.5, 0.6) is 11.5 Å². The Kier molecular flexibility index (Phi) is 8.59. The van der Waals surface area contributed by atoms with Crippen LogP contribution in [0.25, 0.3) is 11.0 Å². The standard InChI is InChI=1S/C22H28N4O5S2/c1-3-12-26-20-10-9-18(33(23,28)29)14-19(20)25-22(26)32-15-21(27)24-11-13-31-17-7-5-16(6-8-17)30-4-2/h5-10,14H,3-4,11-13,15H2,1-2H3,(H,24,27)(H2,23,28,29). The van der Waals surface area contributed by atoms with Crippen LogP contribution >= 0.6 is 11.8 Å². The normalized spacial score (nSPS) is 11.5. The summed E-state index contributed by atoms with van der Waals surface area (Å²) in [6.07, 6.45) is 0.866. The predicted octanol–water partition coefficient (Wildman–Crippen LogP) is 2.78. The van der Waals surface area contributed by atoms with Gasteiger partial charge in [0, 0.05) is 6.54 Å². The number of aryl methyl sites for hydroxylation is 1. The SMILES string of the molecule is CCCn1c(SCC(=O)NCCOc2ccc(OCC)cc2)nc2cc(S(N)(=O)=O)ccc21. The number of sulfonamides is 1. The molecular weight excluding hydrogens is 464 g/mol. The molecule has 1 heterocycles. The molecule has 33 heavy (non-hydrogen) atoms. The van der Waals surface area contributed by atoms with Gasteiger partial charge in [0.25, 0.3) is 0 Å². The van der Waals surface area contributed by atoms with Gasteiger partial charge in [0.2, 0.25) is 15.9 Å². The number of hydrogen-bond donors (Lipinski definition) is 2. The van der Waals surface area contributed by atoms with Crippen molar-refractivity contribution >= 4 is 38.7 Å². The Balaban J connectivity index is 1.53. The van der Waals surface area contributed by atoms with Gasteiger partial charge in [-0.25, -0.2) is 18.5 Å². The summed E-state index contributed by atoms with van der Waals surface area (Å²) in [5.74, 6) is 1.52. The molecule has 3 rings (SSSR count). The summed E-state index contributed by atoms with van der Waals surface area (Å²) in [7, 11) is -3.81. The van der Waals surface area contributed by atoms with E-state index in [1.54, 1.807) is 6.07 Å². The van der Waals surface area contributed by atoms with E-state index in [1.807, 2.05) is 42.7 Å². The van der Waals surface area contributed by atoms with E-state index in [1.165, 1.54) is 23.9 Å². The summed E-state index contributed by atoms with van der Waals surface area (Å²) in [6.45, 7) is 5.98. The molecule has 0 spiro atoms. The Morgan fingerprint density at radius 2 is 1.82 bits per heavy atom. The van der Waals surface area contributed by atoms with E-state index in [0.717, 1.165) is 17.7 Å². The lowest BCUT2D eigenvalue weighted by molar-refractivity contribution is -0.118. The number of hydrogen-bond acceptors (Lipinski definition) is 7. The zero-order chi connectivity index (χ0) is 23.8. The van der Waals surface area contributed by atoms with E-state index in [4.69, 9.17) is 14.6 Å². The van der Waals surface area contributed by atoms with Crippen LogP contribution in [0.3, 0.4) is 0 Å². The van der Waals surface area contributed by atoms with Gasteiger partial charge in [0.1, 0.15) is 18.1 Å². The molecule has 3 N–H and O–H groups in total. The zero-order valence-electron chi connectivity index (χ0n) is 18.6. The van der Waals surface area contributed by atoms with Crippen molar-refractivity contribution in [2.24, 2.45) is 5.14 Å². The van der Waals surface area contributed by atoms with Crippen LogP contribution in [0, 0.1) is 0 Å². The number of carbonyl (C=O) groups excluding carboxylic acids is 1. The van der Waals surface area contributed by atoms with Gasteiger partial charge in [-0.3, -0.25) is 4.79 Å². The number of primary sulfonamides is 1. The van der Waals surface area contributed by atoms with E-state index in [9.17, 15) is 13.2 Å². The second-order valence-electron chi connectivity index (χ2n) is 7.13. The number of ether oxygens (including phenoxy) is 2. The number of imidazole rings is 1. The molecule has 9 nitrogen and oxygen atoms in total. The zero-order valence-corrected chi connectivity index (χ0v) is 20.2. The van der Waals surface area contributed by atoms with Crippen LogP contribution in [-0.4, -0.2) is 49.4 Å². The Bertz CT molecular complexity index is 1190. The molecule has 0 aliphatic carbocycles. The number of nitrogens with two attached hydrogens (primary N) is 1. The largest absolute Gasteiger partial charge is 0.494 e. The fraction of sp³-hybridized carbons (Fsp3) is 0.364. The highest BCUT2D eigenvalue weighted by Crippen LogP contribution is 2.26. The minimum atomic E-state index is -3.81. The van der Waals surface area contributed by atoms with Gasteiger partial charge >= 0.3 is 0 Å². The Morgan fingerprint density at radius 1 is 1.12 bits per heavy atom. The van der Waals surface area contributed by atoms with Gasteiger partial charge in [-0.15, -0.1) is 0 Å². The number of nitrogens with zero attached hydrogens (tertiary/aromatic N) is 2. The molecule has 178 valence electrons. The van der Waals surface area contributed by atoms with E-state index >= 15 is 0 Å². The van der Waals surface area contributed by atoms with Crippen molar-refractivity contribution in [2.75, 3.05) is 25.5 Å². The monoisotopic (exact) mass is 492 g/mol. The van der Waals surface area contributed by atoms with Crippen LogP contribution in [0.4, 0.5) is 0 Å². The maximum Gasteiger partial charge on any atom is 0.238 e. The second-order valence-corrected chi connectivity index (χ2v) is 9.64. The van der Waals surface area contributed by atoms with Crippen LogP contribution in [0.15, 0.2) is 52.5 Å². The minimum absolute atomic E-state index is 0.0120. The summed E-state index contributed by atoms with van der Waals surface area (Å²) >= 11 is 1.30. The van der Waals surface area contributed by atoms with Crippen molar-refractivity contribution in [2.45, 2.75) is 36.9 Å². The van der Waals surface area contributed by atoms with Crippen LogP contribution in [0.2, 0.25) is 0 Å². The Labute approximate surface area is 197 Å². The van der Waals surface area contributed by atoms with Gasteiger partial charge in [-0.1, -0.05) is 18.7 Å². The van der Waals surface area contributed by atoms with Gasteiger partial charge in [-0.05, 0) is 55.8 Å². The lowest BCUT2D eigenvalue weighted by Crippen LogP contribution is -2.29. The molecule has 0 saturated carbocycles. The number of rotatable bonds is 12. The highest BCUT2D eigenvalue weighted by molar-refractivity contribution is 7.99. The van der Waals surface area contributed by atoms with Crippen molar-refractivity contribution in [3.8, 4) is 11.5 Å². The number of amides is 1. The Morgan fingerprint density at radius 3 is 2.45 bits per heavy atom. The van der Waals surface area contributed by atoms with E-state index in [-0.39, 0.29) is 16.6 Å². The van der Waals surface area contributed by atoms with Crippen molar-refractivity contribution in [1.29, 1.82) is 0 Å². The molecular formula is C22H28N4O5S2. The molecule has 0 saturated heterocycles. The van der Waals surface area contributed by atoms with Crippen LogP contribution in [-0.2, 0) is 21.4 Å². The van der Waals surface area contributed by atoms with Crippen molar-refractivity contribution in [3.05, 3.63) is 42.5 Å². The third-order valence-corrected chi connectivity index (χ3v) is 6.51. The quantitative estimate of drug-likeness (QED) is 0.294. The van der Waals surface area contributed by atoms with Crippen molar-refractivity contribution < 1.29 is 22.7 Å². The number of nitrogens with one attached hydrogen (secondary N) is 1. The summed E-state index contributed by atoms with van der Waals surface area (Å²) in [5.41, 5.74) is 1.33. The maximum atomic E-state index is 12.3. The third-order valence-electron chi connectivity index (χ3n) is 4.62. The van der Waals surface area contributed by atoms with Crippen molar-refractivity contribution in [3.63, 3.8) is 0 Å². The molecule has 0 fully saturated rings. The molecule has 2 aromatic carbocycles. The first-order valence-electron chi connectivity index (χ1n) is 10.6. The average Bonchev–Trinajstić information content (AvgIpc) is 3.13. The van der Waals surface area contributed by atoms with Gasteiger partial charge in [-0.2, -0.15) is 0 Å². The van der Waals surface area contributed by atoms with E-state index in [0.29, 0.717) is 42.7 Å². The van der Waals surface area contributed by atoms with E-state index in [2.05, 4.69) is 10.3 Å². The lowest BCUT2D eigenvalue weighted by Gasteiger charge is -2.09. The molecule has 0 atom stereocenters. The molecule has 1 aromatic heterocycles. The number of carbonyl (C=O) groups is 1. The second kappa shape index (κ2) is 11.4. The first-order chi connectivity index (χ1) is 15.8. The van der Waals surface area contributed by atoms with E-state index < -0.39 is 10.0 Å². The number of aromatic nitrogens is 2. The highest BCUT2D eigenvalue weighted by Gasteiger charge is 2.16. The fourth-order valence-electron chi connectivity index (χ4n) is 3.15. The molecule has 3 aromatic rings. The molecule has 0 aliphatic rings. The number of thioether (sulfide) groups is 1. The lowest BCUT2D eigenvalue weighted by atomic mass is 10.3. The maximum absolute atomic E-state index is 12.3. The third kappa shape index (κ3) is 6.86. The first-order valence-corrected chi connectivity index (χ1v) is 13.1. The topological polar surface area (TPSA) is 126 Å². The Hall–Kier alpha value is -2.76. The highest BCUT2D eigenvalue weighted by atomic mass is 32.2. The smallest absolute Gasteiger partial charge is 0.238 e.